The van der Waals surface area contributed by atoms with Crippen LogP contribution in [0.5, 0.6) is 0 Å². The van der Waals surface area contributed by atoms with Gasteiger partial charge >= 0.3 is 0 Å². The lowest BCUT2D eigenvalue weighted by Gasteiger charge is -2.08. The van der Waals surface area contributed by atoms with Gasteiger partial charge in [0, 0.05) is 45.4 Å². The van der Waals surface area contributed by atoms with Crippen LogP contribution in [0.1, 0.15) is 38.5 Å². The van der Waals surface area contributed by atoms with Crippen molar-refractivity contribution in [2.45, 2.75) is 38.5 Å². The zero-order valence-corrected chi connectivity index (χ0v) is 23.9. The maximum Gasteiger partial charge on any atom is 0.222 e. The maximum absolute atomic E-state index is 11.7. The highest BCUT2D eigenvalue weighted by atomic mass is 33.1. The molecule has 214 valence electrons. The lowest BCUT2D eigenvalue weighted by molar-refractivity contribution is -0.123. The van der Waals surface area contributed by atoms with E-state index in [2.05, 4.69) is 10.6 Å². The Kier molecular flexibility index (Phi) is 30.1. The number of hydrogen-bond donors (Lipinski definition) is 2. The molecule has 0 fully saturated rings. The van der Waals surface area contributed by atoms with E-state index >= 15 is 0 Å². The minimum Gasteiger partial charge on any atom is -0.385 e. The van der Waals surface area contributed by atoms with Gasteiger partial charge in [-0.3, -0.25) is 9.59 Å². The van der Waals surface area contributed by atoms with E-state index < -0.39 is 0 Å². The van der Waals surface area contributed by atoms with Gasteiger partial charge in [0.1, 0.15) is 0 Å². The second-order valence-corrected chi connectivity index (χ2v) is 10.3. The van der Waals surface area contributed by atoms with Gasteiger partial charge in [0.05, 0.1) is 66.1 Å². The topological polar surface area (TPSA) is 114 Å². The molecule has 0 radical (unpaired) electrons. The molecular weight excluding hydrogens is 508 g/mol. The van der Waals surface area contributed by atoms with Gasteiger partial charge in [-0.2, -0.15) is 0 Å². The molecule has 0 saturated heterocycles. The number of amides is 2. The molecule has 0 aliphatic rings. The fourth-order valence-corrected chi connectivity index (χ4v) is 3.86. The highest BCUT2D eigenvalue weighted by Gasteiger charge is 2.02. The highest BCUT2D eigenvalue weighted by molar-refractivity contribution is 8.76. The normalized spacial score (nSPS) is 11.1. The van der Waals surface area contributed by atoms with E-state index in [0.717, 1.165) is 38.0 Å². The minimum atomic E-state index is 0.0123. The van der Waals surface area contributed by atoms with Gasteiger partial charge in [0.2, 0.25) is 11.8 Å². The van der Waals surface area contributed by atoms with Gasteiger partial charge in [-0.15, -0.1) is 0 Å². The summed E-state index contributed by atoms with van der Waals surface area (Å²) >= 11 is 0. The summed E-state index contributed by atoms with van der Waals surface area (Å²) in [5.41, 5.74) is 0. The monoisotopic (exact) mass is 556 g/mol. The molecule has 0 aromatic heterocycles. The van der Waals surface area contributed by atoms with Gasteiger partial charge in [0.25, 0.3) is 0 Å². The van der Waals surface area contributed by atoms with E-state index in [9.17, 15) is 9.59 Å². The molecule has 36 heavy (non-hydrogen) atoms. The number of rotatable bonds is 29. The quantitative estimate of drug-likeness (QED) is 0.105. The van der Waals surface area contributed by atoms with Crippen LogP contribution in [0.4, 0.5) is 0 Å². The third-order valence-electron chi connectivity index (χ3n) is 4.66. The molecule has 0 unspecified atom stereocenters. The number of nitrogens with one attached hydrogen (secondary N) is 2. The Balaban J connectivity index is 3.17. The molecule has 2 N–H and O–H groups in total. The molecule has 10 nitrogen and oxygen atoms in total. The molecular formula is C24H48N2O8S2. The maximum atomic E-state index is 11.7. The second kappa shape index (κ2) is 30.6. The minimum absolute atomic E-state index is 0.0123. The number of hydrogen-bond acceptors (Lipinski definition) is 10. The summed E-state index contributed by atoms with van der Waals surface area (Å²) in [5, 5.41) is 5.76. The van der Waals surface area contributed by atoms with Gasteiger partial charge in [-0.25, -0.2) is 0 Å². The van der Waals surface area contributed by atoms with Gasteiger partial charge in [-0.05, 0) is 19.1 Å². The summed E-state index contributed by atoms with van der Waals surface area (Å²) in [6.45, 7) is 6.76. The molecule has 12 heteroatoms. The van der Waals surface area contributed by atoms with Crippen LogP contribution >= 0.6 is 21.6 Å². The first-order chi connectivity index (χ1) is 17.7. The molecule has 0 saturated carbocycles. The first kappa shape index (κ1) is 35.4. The van der Waals surface area contributed by atoms with Crippen LogP contribution in [0.25, 0.3) is 0 Å². The van der Waals surface area contributed by atoms with E-state index in [0.29, 0.717) is 92.0 Å². The largest absolute Gasteiger partial charge is 0.385 e. The number of unbranched alkanes of at least 4 members (excludes halogenated alkanes) is 3. The van der Waals surface area contributed by atoms with Crippen LogP contribution in [0.3, 0.4) is 0 Å². The summed E-state index contributed by atoms with van der Waals surface area (Å²) in [4.78, 5) is 23.3. The molecule has 0 aromatic rings. The van der Waals surface area contributed by atoms with E-state index in [4.69, 9.17) is 28.4 Å². The average Bonchev–Trinajstić information content (AvgIpc) is 2.88. The lowest BCUT2D eigenvalue weighted by Crippen LogP contribution is -2.26. The lowest BCUT2D eigenvalue weighted by atomic mass is 10.2. The molecule has 0 bridgehead atoms. The van der Waals surface area contributed by atoms with E-state index in [1.54, 1.807) is 28.7 Å². The number of ether oxygens (including phenoxy) is 6. The average molecular weight is 557 g/mol. The van der Waals surface area contributed by atoms with Crippen molar-refractivity contribution in [3.63, 3.8) is 0 Å². The zero-order valence-electron chi connectivity index (χ0n) is 22.2. The van der Waals surface area contributed by atoms with Gasteiger partial charge < -0.3 is 39.1 Å². The Morgan fingerprint density at radius 3 is 1.50 bits per heavy atom. The molecule has 0 spiro atoms. The molecule has 0 rings (SSSR count). The van der Waals surface area contributed by atoms with Crippen LogP contribution in [0.15, 0.2) is 0 Å². The Morgan fingerprint density at radius 2 is 1.03 bits per heavy atom. The van der Waals surface area contributed by atoms with Crippen molar-refractivity contribution in [3.05, 3.63) is 0 Å². The molecule has 0 aliphatic carbocycles. The number of carbonyl (C=O) groups excluding carboxylic acids is 2. The van der Waals surface area contributed by atoms with Crippen LogP contribution in [-0.4, -0.2) is 117 Å². The molecule has 0 aliphatic heterocycles. The van der Waals surface area contributed by atoms with Crippen molar-refractivity contribution >= 4 is 33.4 Å². The van der Waals surface area contributed by atoms with Crippen molar-refractivity contribution in [3.8, 4) is 0 Å². The van der Waals surface area contributed by atoms with E-state index in [1.165, 1.54) is 0 Å². The Labute approximate surface area is 225 Å². The van der Waals surface area contributed by atoms with Crippen molar-refractivity contribution in [2.24, 2.45) is 0 Å². The Bertz CT molecular complexity index is 493. The molecule has 0 heterocycles. The van der Waals surface area contributed by atoms with Crippen LogP contribution < -0.4 is 10.6 Å². The van der Waals surface area contributed by atoms with Crippen molar-refractivity contribution < 1.29 is 38.0 Å². The third kappa shape index (κ3) is 29.6. The van der Waals surface area contributed by atoms with Crippen molar-refractivity contribution in [1.29, 1.82) is 0 Å². The summed E-state index contributed by atoms with van der Waals surface area (Å²) < 4.78 is 32.1. The van der Waals surface area contributed by atoms with Crippen LogP contribution in [-0.2, 0) is 38.0 Å². The fourth-order valence-electron chi connectivity index (χ4n) is 2.76. The van der Waals surface area contributed by atoms with Crippen molar-refractivity contribution in [2.75, 3.05) is 105 Å². The summed E-state index contributed by atoms with van der Waals surface area (Å²) in [6.07, 6.45) is 7.04. The first-order valence-electron chi connectivity index (χ1n) is 12.8. The first-order valence-corrected chi connectivity index (χ1v) is 15.5. The SMILES string of the molecule is COCCCCCCNC(=O)CCOCCOCCOCCOCCOCCC(=O)NCCSSC. The number of carbonyl (C=O) groups is 2. The van der Waals surface area contributed by atoms with Crippen LogP contribution in [0.2, 0.25) is 0 Å². The zero-order chi connectivity index (χ0) is 26.4. The molecule has 2 amide bonds. The third-order valence-corrected chi connectivity index (χ3v) is 6.47. The van der Waals surface area contributed by atoms with Crippen LogP contribution in [0, 0.1) is 0 Å². The molecule has 0 atom stereocenters. The highest BCUT2D eigenvalue weighted by Crippen LogP contribution is 2.14. The fraction of sp³-hybridized carbons (Fsp3) is 0.917. The predicted molar refractivity (Wildman–Crippen MR) is 146 cm³/mol. The van der Waals surface area contributed by atoms with Gasteiger partial charge in [-0.1, -0.05) is 34.4 Å². The molecule has 0 aromatic carbocycles. The smallest absolute Gasteiger partial charge is 0.222 e. The second-order valence-electron chi connectivity index (χ2n) is 7.66. The van der Waals surface area contributed by atoms with E-state index in [1.807, 2.05) is 6.26 Å². The van der Waals surface area contributed by atoms with Crippen molar-refractivity contribution in [1.82, 2.24) is 10.6 Å². The Hall–Kier alpha value is -0.600. The Morgan fingerprint density at radius 1 is 0.583 bits per heavy atom. The summed E-state index contributed by atoms with van der Waals surface area (Å²) in [7, 11) is 5.13. The number of methoxy groups -OCH3 is 1. The predicted octanol–water partition coefficient (Wildman–Crippen LogP) is 2.30. The van der Waals surface area contributed by atoms with Gasteiger partial charge in [0.15, 0.2) is 0 Å². The summed E-state index contributed by atoms with van der Waals surface area (Å²) in [6, 6.07) is 0. The summed E-state index contributed by atoms with van der Waals surface area (Å²) in [5.74, 6) is 0.940. The standard InChI is InChI=1S/C24H48N2O8S2/c1-29-11-6-4-3-5-9-25-23(27)7-12-30-14-16-32-18-20-34-21-19-33-17-15-31-13-8-24(28)26-10-22-36-35-2/h3-22H2,1-2H3,(H,25,27)(H,26,28). The van der Waals surface area contributed by atoms with E-state index in [-0.39, 0.29) is 11.8 Å².